The second-order valence-electron chi connectivity index (χ2n) is 7.83. The lowest BCUT2D eigenvalue weighted by Crippen LogP contribution is -2.45. The smallest absolute Gasteiger partial charge is 0.410 e. The van der Waals surface area contributed by atoms with Crippen molar-refractivity contribution in [2.45, 2.75) is 64.6 Å². The lowest BCUT2D eigenvalue weighted by atomic mass is 9.67. The molecule has 1 saturated heterocycles. The Labute approximate surface area is 138 Å². The van der Waals surface area contributed by atoms with Crippen LogP contribution < -0.4 is 0 Å². The molecule has 1 aliphatic heterocycles. The van der Waals surface area contributed by atoms with Gasteiger partial charge in [-0.15, -0.1) is 0 Å². The zero-order valence-electron chi connectivity index (χ0n) is 14.6. The van der Waals surface area contributed by atoms with Gasteiger partial charge >= 0.3 is 12.1 Å². The highest BCUT2D eigenvalue weighted by molar-refractivity contribution is 5.78. The van der Waals surface area contributed by atoms with E-state index in [9.17, 15) is 14.7 Å². The summed E-state index contributed by atoms with van der Waals surface area (Å²) in [5.74, 6) is -0.753. The maximum Gasteiger partial charge on any atom is 0.410 e. The first kappa shape index (κ1) is 18.0. The van der Waals surface area contributed by atoms with Crippen LogP contribution in [0.4, 0.5) is 4.79 Å². The van der Waals surface area contributed by atoms with Crippen molar-refractivity contribution in [3.8, 4) is 0 Å². The van der Waals surface area contributed by atoms with Gasteiger partial charge in [-0.05, 0) is 52.4 Å². The summed E-state index contributed by atoms with van der Waals surface area (Å²) in [5, 5.41) is 9.89. The van der Waals surface area contributed by atoms with E-state index in [4.69, 9.17) is 9.47 Å². The van der Waals surface area contributed by atoms with Crippen molar-refractivity contribution in [2.75, 3.05) is 20.2 Å². The normalized spacial score (nSPS) is 31.9. The topological polar surface area (TPSA) is 76.1 Å². The van der Waals surface area contributed by atoms with Crippen molar-refractivity contribution < 1.29 is 24.2 Å². The lowest BCUT2D eigenvalue weighted by Gasteiger charge is -2.38. The highest BCUT2D eigenvalue weighted by atomic mass is 16.6. The van der Waals surface area contributed by atoms with Crippen LogP contribution in [0.3, 0.4) is 0 Å². The quantitative estimate of drug-likeness (QED) is 0.862. The van der Waals surface area contributed by atoms with Gasteiger partial charge in [0.25, 0.3) is 0 Å². The van der Waals surface area contributed by atoms with Gasteiger partial charge in [0.1, 0.15) is 5.60 Å². The van der Waals surface area contributed by atoms with Crippen molar-refractivity contribution in [1.82, 2.24) is 4.90 Å². The summed E-state index contributed by atoms with van der Waals surface area (Å²) in [4.78, 5) is 25.9. The van der Waals surface area contributed by atoms with Crippen LogP contribution in [-0.2, 0) is 14.3 Å². The van der Waals surface area contributed by atoms with Crippen molar-refractivity contribution in [3.63, 3.8) is 0 Å². The average molecular weight is 327 g/mol. The van der Waals surface area contributed by atoms with Crippen LogP contribution in [0.1, 0.15) is 52.9 Å². The molecule has 0 aromatic carbocycles. The molecule has 23 heavy (non-hydrogen) atoms. The van der Waals surface area contributed by atoms with Crippen LogP contribution in [0.2, 0.25) is 0 Å². The van der Waals surface area contributed by atoms with E-state index in [1.807, 2.05) is 20.8 Å². The fourth-order valence-corrected chi connectivity index (χ4v) is 3.86. The number of hydrogen-bond donors (Lipinski definition) is 1. The van der Waals surface area contributed by atoms with Crippen LogP contribution in [-0.4, -0.2) is 54.0 Å². The van der Waals surface area contributed by atoms with Gasteiger partial charge in [-0.2, -0.15) is 0 Å². The maximum absolute atomic E-state index is 12.3. The molecule has 3 atom stereocenters. The van der Waals surface area contributed by atoms with Crippen molar-refractivity contribution in [3.05, 3.63) is 0 Å². The molecule has 0 radical (unpaired) electrons. The number of nitrogens with zero attached hydrogens (tertiary/aromatic N) is 1. The monoisotopic (exact) mass is 327 g/mol. The van der Waals surface area contributed by atoms with Crippen LogP contribution in [0.5, 0.6) is 0 Å². The molecule has 2 fully saturated rings. The third-order valence-corrected chi connectivity index (χ3v) is 5.12. The fraction of sp³-hybridized carbons (Fsp3) is 0.882. The number of aliphatic carboxylic acids is 1. The first-order valence-corrected chi connectivity index (χ1v) is 8.42. The molecule has 1 amide bonds. The summed E-state index contributed by atoms with van der Waals surface area (Å²) >= 11 is 0. The number of rotatable bonds is 3. The van der Waals surface area contributed by atoms with Crippen LogP contribution in [0, 0.1) is 11.3 Å². The third-order valence-electron chi connectivity index (χ3n) is 5.12. The van der Waals surface area contributed by atoms with E-state index in [0.29, 0.717) is 13.0 Å². The number of likely N-dealkylation sites (tertiary alicyclic amines) is 1. The lowest BCUT2D eigenvalue weighted by molar-refractivity contribution is -0.153. The first-order valence-electron chi connectivity index (χ1n) is 8.42. The van der Waals surface area contributed by atoms with E-state index >= 15 is 0 Å². The number of carbonyl (C=O) groups excluding carboxylic acids is 1. The molecular formula is C17H29NO5. The molecule has 1 heterocycles. The number of amides is 1. The molecule has 132 valence electrons. The summed E-state index contributed by atoms with van der Waals surface area (Å²) in [6.45, 7) is 6.12. The summed E-state index contributed by atoms with van der Waals surface area (Å²) in [5.41, 5.74) is -1.44. The van der Waals surface area contributed by atoms with E-state index in [0.717, 1.165) is 25.7 Å². The summed E-state index contributed by atoms with van der Waals surface area (Å²) < 4.78 is 10.8. The molecule has 6 nitrogen and oxygen atoms in total. The molecule has 3 unspecified atom stereocenters. The molecule has 1 N–H and O–H groups in total. The number of carboxylic acid groups (broad SMARTS) is 1. The zero-order chi connectivity index (χ0) is 17.3. The number of ether oxygens (including phenoxy) is 2. The van der Waals surface area contributed by atoms with Gasteiger partial charge in [-0.3, -0.25) is 4.79 Å². The minimum absolute atomic E-state index is 0.0473. The number of hydrogen-bond acceptors (Lipinski definition) is 4. The molecule has 1 aliphatic carbocycles. The Bertz CT molecular complexity index is 458. The van der Waals surface area contributed by atoms with Crippen LogP contribution >= 0.6 is 0 Å². The van der Waals surface area contributed by atoms with Gasteiger partial charge < -0.3 is 19.5 Å². The predicted molar refractivity (Wildman–Crippen MR) is 85.2 cm³/mol. The van der Waals surface area contributed by atoms with Crippen molar-refractivity contribution >= 4 is 12.1 Å². The van der Waals surface area contributed by atoms with E-state index in [1.54, 1.807) is 12.0 Å². The standard InChI is InChI=1S/C17H29NO5/c1-16(2,3)23-15(21)18-9-8-17(11-18,14(19)20)12-6-5-7-13(10-12)22-4/h12-13H,5-11H2,1-4H3,(H,19,20). The predicted octanol–water partition coefficient (Wildman–Crippen LogP) is 2.90. The molecular weight excluding hydrogens is 298 g/mol. The van der Waals surface area contributed by atoms with Gasteiger partial charge in [-0.25, -0.2) is 4.79 Å². The van der Waals surface area contributed by atoms with Gasteiger partial charge in [0.2, 0.25) is 0 Å². The SMILES string of the molecule is COC1CCCC(C2(C(=O)O)CCN(C(=O)OC(C)(C)C)C2)C1. The Morgan fingerprint density at radius 3 is 2.52 bits per heavy atom. The van der Waals surface area contributed by atoms with E-state index in [1.165, 1.54) is 0 Å². The molecule has 1 saturated carbocycles. The Kier molecular flexibility index (Phi) is 5.23. The average Bonchev–Trinajstić information content (AvgIpc) is 2.92. The molecule has 2 aliphatic rings. The van der Waals surface area contributed by atoms with Gasteiger partial charge in [0, 0.05) is 20.2 Å². The zero-order valence-corrected chi connectivity index (χ0v) is 14.6. The highest BCUT2D eigenvalue weighted by Crippen LogP contribution is 2.46. The summed E-state index contributed by atoms with van der Waals surface area (Å²) in [6, 6.07) is 0. The highest BCUT2D eigenvalue weighted by Gasteiger charge is 2.53. The maximum atomic E-state index is 12.3. The fourth-order valence-electron chi connectivity index (χ4n) is 3.86. The van der Waals surface area contributed by atoms with E-state index < -0.39 is 23.1 Å². The second-order valence-corrected chi connectivity index (χ2v) is 7.83. The number of methoxy groups -OCH3 is 1. The van der Waals surface area contributed by atoms with Crippen LogP contribution in [0.25, 0.3) is 0 Å². The van der Waals surface area contributed by atoms with Crippen molar-refractivity contribution in [2.24, 2.45) is 11.3 Å². The molecule has 2 rings (SSSR count). The molecule has 0 aromatic rings. The molecule has 6 heteroatoms. The molecule has 0 spiro atoms. The van der Waals surface area contributed by atoms with Gasteiger partial charge in [0.05, 0.1) is 11.5 Å². The summed E-state index contributed by atoms with van der Waals surface area (Å²) in [6.07, 6.45) is 3.80. The van der Waals surface area contributed by atoms with Crippen molar-refractivity contribution in [1.29, 1.82) is 0 Å². The molecule has 0 aromatic heterocycles. The van der Waals surface area contributed by atoms with Gasteiger partial charge in [0.15, 0.2) is 0 Å². The Hall–Kier alpha value is -1.30. The van der Waals surface area contributed by atoms with Crippen LogP contribution in [0.15, 0.2) is 0 Å². The summed E-state index contributed by atoms with van der Waals surface area (Å²) in [7, 11) is 1.68. The first-order chi connectivity index (χ1) is 10.7. The Balaban J connectivity index is 2.11. The van der Waals surface area contributed by atoms with E-state index in [2.05, 4.69) is 0 Å². The number of carbonyl (C=O) groups is 2. The second kappa shape index (κ2) is 6.67. The Morgan fingerprint density at radius 1 is 1.26 bits per heavy atom. The molecule has 0 bridgehead atoms. The van der Waals surface area contributed by atoms with Gasteiger partial charge in [-0.1, -0.05) is 6.42 Å². The van der Waals surface area contributed by atoms with E-state index in [-0.39, 0.29) is 18.6 Å². The largest absolute Gasteiger partial charge is 0.481 e. The minimum atomic E-state index is -0.867. The Morgan fingerprint density at radius 2 is 1.96 bits per heavy atom. The minimum Gasteiger partial charge on any atom is -0.481 e. The third kappa shape index (κ3) is 3.97. The number of carboxylic acids is 1.